The molecule has 5 nitrogen and oxygen atoms in total. The van der Waals surface area contributed by atoms with Gasteiger partial charge in [-0.15, -0.1) is 0 Å². The number of ether oxygens (including phenoxy) is 2. The van der Waals surface area contributed by atoms with Gasteiger partial charge in [-0.05, 0) is 35.1 Å². The molecule has 4 aromatic rings. The summed E-state index contributed by atoms with van der Waals surface area (Å²) >= 11 is 0. The van der Waals surface area contributed by atoms with Gasteiger partial charge in [0.15, 0.2) is 11.5 Å². The Morgan fingerprint density at radius 3 is 2.00 bits per heavy atom. The van der Waals surface area contributed by atoms with E-state index in [9.17, 15) is 5.11 Å². The number of phenolic OH excluding ortho intramolecular Hbond substituents is 1. The fourth-order valence-corrected chi connectivity index (χ4v) is 4.59. The largest absolute Gasteiger partial charge is 0.507 e. The summed E-state index contributed by atoms with van der Waals surface area (Å²) in [6, 6.07) is 14.4. The zero-order valence-electron chi connectivity index (χ0n) is 21.1. The number of imidazole rings is 1. The summed E-state index contributed by atoms with van der Waals surface area (Å²) in [6.45, 7) is 13.4. The van der Waals surface area contributed by atoms with Crippen LogP contribution in [0.25, 0.3) is 28.1 Å². The predicted octanol–water partition coefficient (Wildman–Crippen LogP) is 6.90. The van der Waals surface area contributed by atoms with Crippen LogP contribution in [0, 0.1) is 5.82 Å². The summed E-state index contributed by atoms with van der Waals surface area (Å²) in [7, 11) is 0. The molecular weight excluding hydrogens is 443 g/mol. The summed E-state index contributed by atoms with van der Waals surface area (Å²) in [6.07, 6.45) is 0. The van der Waals surface area contributed by atoms with Crippen LogP contribution in [-0.4, -0.2) is 27.9 Å². The van der Waals surface area contributed by atoms with Crippen molar-refractivity contribution in [3.63, 3.8) is 0 Å². The number of rotatable bonds is 2. The molecular formula is C29H31FN2O3. The number of hydrogen-bond donors (Lipinski definition) is 1. The molecule has 35 heavy (non-hydrogen) atoms. The Balaban J connectivity index is 1.90. The molecule has 2 heterocycles. The lowest BCUT2D eigenvalue weighted by Gasteiger charge is -2.28. The highest BCUT2D eigenvalue weighted by atomic mass is 19.1. The minimum atomic E-state index is -0.354. The van der Waals surface area contributed by atoms with Gasteiger partial charge in [-0.3, -0.25) is 4.57 Å². The van der Waals surface area contributed by atoms with Gasteiger partial charge in [0, 0.05) is 28.9 Å². The highest BCUT2D eigenvalue weighted by molar-refractivity contribution is 5.86. The molecule has 0 unspecified atom stereocenters. The monoisotopic (exact) mass is 474 g/mol. The molecule has 1 aromatic heterocycles. The number of hydrogen-bond acceptors (Lipinski definition) is 4. The molecule has 0 bridgehead atoms. The first-order valence-corrected chi connectivity index (χ1v) is 11.9. The number of benzene rings is 3. The average Bonchev–Trinajstić information content (AvgIpc) is 3.14. The molecule has 6 heteroatoms. The van der Waals surface area contributed by atoms with Crippen molar-refractivity contribution >= 4 is 11.0 Å². The molecule has 3 aromatic carbocycles. The smallest absolute Gasteiger partial charge is 0.163 e. The third-order valence-corrected chi connectivity index (χ3v) is 6.40. The molecule has 0 fully saturated rings. The van der Waals surface area contributed by atoms with E-state index in [2.05, 4.69) is 41.5 Å². The first-order chi connectivity index (χ1) is 16.4. The molecule has 0 radical (unpaired) electrons. The van der Waals surface area contributed by atoms with Crippen molar-refractivity contribution < 1.29 is 19.0 Å². The maximum atomic E-state index is 15.1. The topological polar surface area (TPSA) is 56.5 Å². The van der Waals surface area contributed by atoms with Crippen LogP contribution >= 0.6 is 0 Å². The maximum absolute atomic E-state index is 15.1. The second kappa shape index (κ2) is 8.01. The van der Waals surface area contributed by atoms with E-state index in [0.29, 0.717) is 47.4 Å². The van der Waals surface area contributed by atoms with Crippen LogP contribution in [0.1, 0.15) is 52.7 Å². The Bertz CT molecular complexity index is 1410. The second-order valence-electron chi connectivity index (χ2n) is 11.1. The second-order valence-corrected chi connectivity index (χ2v) is 11.1. The van der Waals surface area contributed by atoms with Crippen LogP contribution in [-0.2, 0) is 10.8 Å². The van der Waals surface area contributed by atoms with Crippen molar-refractivity contribution in [1.29, 1.82) is 0 Å². The molecule has 0 amide bonds. The number of phenols is 1. The maximum Gasteiger partial charge on any atom is 0.163 e. The molecule has 0 saturated carbocycles. The van der Waals surface area contributed by atoms with Crippen LogP contribution in [0.2, 0.25) is 0 Å². The average molecular weight is 475 g/mol. The van der Waals surface area contributed by atoms with Gasteiger partial charge in [0.1, 0.15) is 30.6 Å². The van der Waals surface area contributed by atoms with Crippen molar-refractivity contribution in [3.05, 3.63) is 65.5 Å². The van der Waals surface area contributed by atoms with Gasteiger partial charge < -0.3 is 14.6 Å². The number of aromatic nitrogens is 2. The molecule has 0 saturated heterocycles. The minimum absolute atomic E-state index is 0.291. The number of aromatic hydroxyl groups is 1. The fraction of sp³-hybridized carbons (Fsp3) is 0.345. The molecule has 182 valence electrons. The third kappa shape index (κ3) is 4.01. The van der Waals surface area contributed by atoms with Crippen molar-refractivity contribution in [2.75, 3.05) is 13.2 Å². The van der Waals surface area contributed by atoms with Gasteiger partial charge in [-0.1, -0.05) is 53.7 Å². The Labute approximate surface area is 205 Å². The van der Waals surface area contributed by atoms with Gasteiger partial charge in [0.05, 0.1) is 16.6 Å². The van der Waals surface area contributed by atoms with Gasteiger partial charge in [-0.2, -0.15) is 0 Å². The molecule has 5 rings (SSSR count). The standard InChI is InChI=1S/C29H31FN2O3/c1-28(2,3)19-13-17(14-20(26(19)33)29(4,5)6)32-23-16-25-24(34-11-12-35-25)15-22(23)31-27(32)18-9-7-8-10-21(18)30/h7-10,13-16,33H,11-12H2,1-6H3. The summed E-state index contributed by atoms with van der Waals surface area (Å²) in [5, 5.41) is 11.3. The van der Waals surface area contributed by atoms with Crippen molar-refractivity contribution in [3.8, 4) is 34.3 Å². The van der Waals surface area contributed by atoms with E-state index in [1.165, 1.54) is 6.07 Å². The van der Waals surface area contributed by atoms with E-state index in [1.807, 2.05) is 28.8 Å². The summed E-state index contributed by atoms with van der Waals surface area (Å²) in [5.74, 6) is 1.68. The van der Waals surface area contributed by atoms with Crippen LogP contribution in [0.3, 0.4) is 0 Å². The summed E-state index contributed by atoms with van der Waals surface area (Å²) in [4.78, 5) is 4.86. The highest BCUT2D eigenvalue weighted by Gasteiger charge is 2.29. The van der Waals surface area contributed by atoms with E-state index in [-0.39, 0.29) is 16.6 Å². The summed E-state index contributed by atoms with van der Waals surface area (Å²) in [5.41, 5.74) is 3.65. The van der Waals surface area contributed by atoms with E-state index in [4.69, 9.17) is 14.5 Å². The molecule has 0 spiro atoms. The third-order valence-electron chi connectivity index (χ3n) is 6.40. The lowest BCUT2D eigenvalue weighted by molar-refractivity contribution is 0.172. The van der Waals surface area contributed by atoms with E-state index < -0.39 is 0 Å². The first-order valence-electron chi connectivity index (χ1n) is 11.9. The normalized spacial score (nSPS) is 13.9. The van der Waals surface area contributed by atoms with Crippen LogP contribution in [0.5, 0.6) is 17.2 Å². The number of nitrogens with zero attached hydrogens (tertiary/aromatic N) is 2. The number of fused-ring (bicyclic) bond motifs is 2. The quantitative estimate of drug-likeness (QED) is 0.343. The molecule has 1 aliphatic heterocycles. The van der Waals surface area contributed by atoms with E-state index in [0.717, 1.165) is 22.3 Å². The van der Waals surface area contributed by atoms with Crippen LogP contribution in [0.4, 0.5) is 4.39 Å². The Hall–Kier alpha value is -3.54. The SMILES string of the molecule is CC(C)(C)c1cc(-n2c(-c3ccccc3F)nc3cc4c(cc32)OCCO4)cc(C(C)(C)C)c1O. The van der Waals surface area contributed by atoms with Gasteiger partial charge >= 0.3 is 0 Å². The Morgan fingerprint density at radius 2 is 1.43 bits per heavy atom. The first kappa shape index (κ1) is 23.2. The summed E-state index contributed by atoms with van der Waals surface area (Å²) < 4.78 is 28.6. The van der Waals surface area contributed by atoms with Crippen molar-refractivity contribution in [1.82, 2.24) is 9.55 Å². The van der Waals surface area contributed by atoms with Crippen LogP contribution in [0.15, 0.2) is 48.5 Å². The van der Waals surface area contributed by atoms with Crippen LogP contribution < -0.4 is 9.47 Å². The van der Waals surface area contributed by atoms with E-state index >= 15 is 4.39 Å². The highest BCUT2D eigenvalue weighted by Crippen LogP contribution is 2.43. The zero-order valence-corrected chi connectivity index (χ0v) is 21.1. The minimum Gasteiger partial charge on any atom is -0.507 e. The predicted molar refractivity (Wildman–Crippen MR) is 137 cm³/mol. The number of halogens is 1. The Kier molecular flexibility index (Phi) is 5.31. The zero-order chi connectivity index (χ0) is 25.1. The van der Waals surface area contributed by atoms with Crippen molar-refractivity contribution in [2.24, 2.45) is 0 Å². The molecule has 1 aliphatic rings. The lowest BCUT2D eigenvalue weighted by atomic mass is 9.79. The lowest BCUT2D eigenvalue weighted by Crippen LogP contribution is -2.18. The van der Waals surface area contributed by atoms with Gasteiger partial charge in [-0.25, -0.2) is 9.37 Å². The molecule has 1 N–H and O–H groups in total. The molecule has 0 atom stereocenters. The van der Waals surface area contributed by atoms with Gasteiger partial charge in [0.25, 0.3) is 0 Å². The molecule has 0 aliphatic carbocycles. The van der Waals surface area contributed by atoms with Gasteiger partial charge in [0.2, 0.25) is 0 Å². The van der Waals surface area contributed by atoms with Crippen molar-refractivity contribution in [2.45, 2.75) is 52.4 Å². The Morgan fingerprint density at radius 1 is 0.857 bits per heavy atom. The fourth-order valence-electron chi connectivity index (χ4n) is 4.59. The van der Waals surface area contributed by atoms with E-state index in [1.54, 1.807) is 18.2 Å².